The number of carbonyl (C=O) groups is 1. The highest BCUT2D eigenvalue weighted by molar-refractivity contribution is 7.84. The lowest BCUT2D eigenvalue weighted by Crippen LogP contribution is -2.28. The molecule has 2 rings (SSSR count). The molecule has 0 radical (unpaired) electrons. The van der Waals surface area contributed by atoms with Crippen molar-refractivity contribution in [2.75, 3.05) is 18.1 Å². The predicted octanol–water partition coefficient (Wildman–Crippen LogP) is 1.99. The van der Waals surface area contributed by atoms with Gasteiger partial charge in [-0.1, -0.05) is 25.1 Å². The molecule has 1 amide bonds. The third-order valence-corrected chi connectivity index (χ3v) is 4.57. The van der Waals surface area contributed by atoms with Crippen molar-refractivity contribution in [1.82, 2.24) is 10.3 Å². The van der Waals surface area contributed by atoms with Gasteiger partial charge >= 0.3 is 0 Å². The standard InChI is InChI=1S/C15H20N2O2S/c1-2-20(19)10-9-16-15(18)8-7-12-11-17-14-6-4-3-5-13(12)14/h3-6,11,17H,2,7-10H2,1H3,(H,16,18). The van der Waals surface area contributed by atoms with E-state index in [4.69, 9.17) is 0 Å². The Balaban J connectivity index is 1.80. The number of hydrogen-bond donors (Lipinski definition) is 2. The van der Waals surface area contributed by atoms with Crippen molar-refractivity contribution < 1.29 is 9.00 Å². The maximum Gasteiger partial charge on any atom is 0.220 e. The van der Waals surface area contributed by atoms with E-state index in [1.54, 1.807) is 0 Å². The minimum absolute atomic E-state index is 0.0170. The number of benzene rings is 1. The highest BCUT2D eigenvalue weighted by Crippen LogP contribution is 2.18. The molecule has 0 aliphatic carbocycles. The maximum atomic E-state index is 11.7. The molecule has 0 spiro atoms. The lowest BCUT2D eigenvalue weighted by atomic mass is 10.1. The van der Waals surface area contributed by atoms with Crippen molar-refractivity contribution in [3.63, 3.8) is 0 Å². The molecule has 1 heterocycles. The fourth-order valence-electron chi connectivity index (χ4n) is 2.12. The van der Waals surface area contributed by atoms with Gasteiger partial charge in [0.25, 0.3) is 0 Å². The molecule has 1 aromatic heterocycles. The highest BCUT2D eigenvalue weighted by atomic mass is 32.2. The minimum atomic E-state index is -0.815. The van der Waals surface area contributed by atoms with E-state index in [9.17, 15) is 9.00 Å². The lowest BCUT2D eigenvalue weighted by molar-refractivity contribution is -0.120. The van der Waals surface area contributed by atoms with E-state index in [1.807, 2.05) is 31.3 Å². The second-order valence-electron chi connectivity index (χ2n) is 4.64. The number of fused-ring (bicyclic) bond motifs is 1. The van der Waals surface area contributed by atoms with Crippen LogP contribution in [-0.4, -0.2) is 33.2 Å². The molecular formula is C15H20N2O2S. The quantitative estimate of drug-likeness (QED) is 0.820. The number of aromatic amines is 1. The van der Waals surface area contributed by atoms with Gasteiger partial charge in [0.1, 0.15) is 0 Å². The van der Waals surface area contributed by atoms with Crippen LogP contribution in [-0.2, 0) is 22.0 Å². The molecule has 4 nitrogen and oxygen atoms in total. The fraction of sp³-hybridized carbons (Fsp3) is 0.400. The first kappa shape index (κ1) is 14.8. The molecule has 0 aliphatic rings. The number of aryl methyl sites for hydroxylation is 1. The molecule has 0 bridgehead atoms. The molecule has 0 saturated heterocycles. The summed E-state index contributed by atoms with van der Waals surface area (Å²) < 4.78 is 11.2. The van der Waals surface area contributed by atoms with Crippen LogP contribution in [0.4, 0.5) is 0 Å². The Morgan fingerprint density at radius 1 is 1.35 bits per heavy atom. The minimum Gasteiger partial charge on any atom is -0.361 e. The van der Waals surface area contributed by atoms with E-state index in [0.29, 0.717) is 30.9 Å². The van der Waals surface area contributed by atoms with Gasteiger partial charge in [0.2, 0.25) is 5.91 Å². The van der Waals surface area contributed by atoms with Crippen molar-refractivity contribution >= 4 is 27.6 Å². The second kappa shape index (κ2) is 7.24. The molecule has 108 valence electrons. The lowest BCUT2D eigenvalue weighted by Gasteiger charge is -2.04. The number of aromatic nitrogens is 1. The Morgan fingerprint density at radius 3 is 2.95 bits per heavy atom. The average Bonchev–Trinajstić information content (AvgIpc) is 2.88. The highest BCUT2D eigenvalue weighted by Gasteiger charge is 2.06. The van der Waals surface area contributed by atoms with Gasteiger partial charge in [-0.3, -0.25) is 9.00 Å². The van der Waals surface area contributed by atoms with Gasteiger partial charge in [-0.05, 0) is 18.1 Å². The van der Waals surface area contributed by atoms with Crippen LogP contribution in [0.25, 0.3) is 10.9 Å². The molecular weight excluding hydrogens is 272 g/mol. The zero-order chi connectivity index (χ0) is 14.4. The normalized spacial score (nSPS) is 12.4. The SMILES string of the molecule is CCS(=O)CCNC(=O)CCc1c[nH]c2ccccc12. The summed E-state index contributed by atoms with van der Waals surface area (Å²) in [6, 6.07) is 8.07. The first-order valence-corrected chi connectivity index (χ1v) is 8.36. The Kier molecular flexibility index (Phi) is 5.35. The Morgan fingerprint density at radius 2 is 2.15 bits per heavy atom. The number of hydrogen-bond acceptors (Lipinski definition) is 2. The van der Waals surface area contributed by atoms with Crippen molar-refractivity contribution in [2.45, 2.75) is 19.8 Å². The molecule has 1 atom stereocenters. The van der Waals surface area contributed by atoms with Crippen LogP contribution in [0.5, 0.6) is 0 Å². The predicted molar refractivity (Wildman–Crippen MR) is 83.2 cm³/mol. The van der Waals surface area contributed by atoms with Crippen LogP contribution in [0.2, 0.25) is 0 Å². The van der Waals surface area contributed by atoms with Crippen LogP contribution < -0.4 is 5.32 Å². The summed E-state index contributed by atoms with van der Waals surface area (Å²) in [5.41, 5.74) is 2.26. The summed E-state index contributed by atoms with van der Waals surface area (Å²) >= 11 is 0. The third kappa shape index (κ3) is 3.93. The van der Waals surface area contributed by atoms with E-state index in [2.05, 4.69) is 16.4 Å². The molecule has 2 aromatic rings. The molecule has 20 heavy (non-hydrogen) atoms. The monoisotopic (exact) mass is 292 g/mol. The van der Waals surface area contributed by atoms with Crippen molar-refractivity contribution in [1.29, 1.82) is 0 Å². The van der Waals surface area contributed by atoms with E-state index < -0.39 is 10.8 Å². The number of nitrogens with one attached hydrogen (secondary N) is 2. The summed E-state index contributed by atoms with van der Waals surface area (Å²) in [5.74, 6) is 1.20. The largest absolute Gasteiger partial charge is 0.361 e. The van der Waals surface area contributed by atoms with Crippen LogP contribution in [0.1, 0.15) is 18.9 Å². The Labute approximate surface area is 121 Å². The van der Waals surface area contributed by atoms with Gasteiger partial charge in [-0.15, -0.1) is 0 Å². The van der Waals surface area contributed by atoms with Gasteiger partial charge in [0.05, 0.1) is 0 Å². The first-order chi connectivity index (χ1) is 9.70. The average molecular weight is 292 g/mol. The number of H-pyrrole nitrogens is 1. The van der Waals surface area contributed by atoms with E-state index in [-0.39, 0.29) is 5.91 Å². The van der Waals surface area contributed by atoms with Gasteiger partial charge < -0.3 is 10.3 Å². The topological polar surface area (TPSA) is 62.0 Å². The summed E-state index contributed by atoms with van der Waals surface area (Å²) in [7, 11) is -0.815. The summed E-state index contributed by atoms with van der Waals surface area (Å²) in [6.07, 6.45) is 3.14. The summed E-state index contributed by atoms with van der Waals surface area (Å²) in [4.78, 5) is 14.9. The van der Waals surface area contributed by atoms with Gasteiger partial charge in [0.15, 0.2) is 0 Å². The second-order valence-corrected chi connectivity index (χ2v) is 6.51. The molecule has 2 N–H and O–H groups in total. The van der Waals surface area contributed by atoms with Crippen LogP contribution in [0, 0.1) is 0 Å². The van der Waals surface area contributed by atoms with E-state index in [0.717, 1.165) is 11.1 Å². The number of carbonyl (C=O) groups excluding carboxylic acids is 1. The molecule has 0 fully saturated rings. The maximum absolute atomic E-state index is 11.7. The summed E-state index contributed by atoms with van der Waals surface area (Å²) in [5, 5.41) is 3.99. The van der Waals surface area contributed by atoms with Crippen molar-refractivity contribution in [3.8, 4) is 0 Å². The van der Waals surface area contributed by atoms with Gasteiger partial charge in [0, 0.05) is 52.4 Å². The molecule has 1 unspecified atom stereocenters. The van der Waals surface area contributed by atoms with Gasteiger partial charge in [-0.25, -0.2) is 0 Å². The smallest absolute Gasteiger partial charge is 0.220 e. The molecule has 1 aromatic carbocycles. The van der Waals surface area contributed by atoms with Crippen LogP contribution in [0.15, 0.2) is 30.5 Å². The van der Waals surface area contributed by atoms with E-state index >= 15 is 0 Å². The Hall–Kier alpha value is -1.62. The van der Waals surface area contributed by atoms with Crippen LogP contribution >= 0.6 is 0 Å². The fourth-order valence-corrected chi connectivity index (χ4v) is 2.74. The molecule has 0 saturated carbocycles. The zero-order valence-corrected chi connectivity index (χ0v) is 12.5. The zero-order valence-electron chi connectivity index (χ0n) is 11.6. The number of amides is 1. The van der Waals surface area contributed by atoms with Gasteiger partial charge in [-0.2, -0.15) is 0 Å². The molecule has 5 heteroatoms. The number of para-hydroxylation sites is 1. The third-order valence-electron chi connectivity index (χ3n) is 3.27. The summed E-state index contributed by atoms with van der Waals surface area (Å²) in [6.45, 7) is 2.38. The van der Waals surface area contributed by atoms with Crippen LogP contribution in [0.3, 0.4) is 0 Å². The van der Waals surface area contributed by atoms with Crippen molar-refractivity contribution in [3.05, 3.63) is 36.0 Å². The Bertz CT molecular complexity index is 607. The molecule has 0 aliphatic heterocycles. The number of rotatable bonds is 7. The first-order valence-electron chi connectivity index (χ1n) is 6.87. The van der Waals surface area contributed by atoms with E-state index in [1.165, 1.54) is 5.39 Å². The van der Waals surface area contributed by atoms with Crippen molar-refractivity contribution in [2.24, 2.45) is 0 Å².